The molecule has 6 nitrogen and oxygen atoms in total. The van der Waals surface area contributed by atoms with Gasteiger partial charge < -0.3 is 10.2 Å². The van der Waals surface area contributed by atoms with Crippen molar-refractivity contribution in [1.29, 1.82) is 10.7 Å². The number of hydrogen-bond acceptors (Lipinski definition) is 5. The van der Waals surface area contributed by atoms with E-state index in [4.69, 9.17) is 20.8 Å². The molecular weight excluding hydrogens is 254 g/mol. The number of nitrogens with zero attached hydrogens (tertiary/aromatic N) is 2. The van der Waals surface area contributed by atoms with Crippen LogP contribution in [-0.2, 0) is 6.42 Å². The van der Waals surface area contributed by atoms with Gasteiger partial charge in [-0.05, 0) is 18.6 Å². The van der Waals surface area contributed by atoms with Crippen LogP contribution in [0.25, 0.3) is 11.0 Å². The molecule has 0 fully saturated rings. The number of nitriles is 1. The number of fused-ring (bicyclic) bond motifs is 1. The number of para-hydroxylation sites is 1. The summed E-state index contributed by atoms with van der Waals surface area (Å²) in [5.74, 6) is 0.544. The minimum Gasteiger partial charge on any atom is -0.459 e. The number of nitrogens with two attached hydrogens (primary N) is 1. The molecule has 0 amide bonds. The lowest BCUT2D eigenvalue weighted by molar-refractivity contribution is 0.554. The zero-order valence-corrected chi connectivity index (χ0v) is 11.3. The summed E-state index contributed by atoms with van der Waals surface area (Å²) in [7, 11) is 0. The van der Waals surface area contributed by atoms with E-state index in [0.717, 1.165) is 23.1 Å². The van der Waals surface area contributed by atoms with Crippen molar-refractivity contribution in [2.75, 3.05) is 5.43 Å². The Hall–Kier alpha value is -2.81. The lowest BCUT2D eigenvalue weighted by atomic mass is 10.1. The van der Waals surface area contributed by atoms with Crippen LogP contribution >= 0.6 is 0 Å². The summed E-state index contributed by atoms with van der Waals surface area (Å²) in [4.78, 5) is 0. The molecule has 0 bridgehead atoms. The molecule has 0 unspecified atom stereocenters. The van der Waals surface area contributed by atoms with Gasteiger partial charge in [0, 0.05) is 11.8 Å². The highest BCUT2D eigenvalue weighted by Gasteiger charge is 2.12. The van der Waals surface area contributed by atoms with Crippen LogP contribution in [0.5, 0.6) is 0 Å². The van der Waals surface area contributed by atoms with Crippen molar-refractivity contribution in [1.82, 2.24) is 0 Å². The lowest BCUT2D eigenvalue weighted by Crippen LogP contribution is -2.21. The van der Waals surface area contributed by atoms with E-state index in [1.165, 1.54) is 0 Å². The van der Waals surface area contributed by atoms with Crippen LogP contribution < -0.4 is 11.2 Å². The molecule has 102 valence electrons. The Labute approximate surface area is 116 Å². The van der Waals surface area contributed by atoms with Crippen LogP contribution in [0.2, 0.25) is 0 Å². The second kappa shape index (κ2) is 5.45. The van der Waals surface area contributed by atoms with Gasteiger partial charge in [-0.15, -0.1) is 0 Å². The number of nitrogens with one attached hydrogen (secondary N) is 2. The summed E-state index contributed by atoms with van der Waals surface area (Å²) in [6.45, 7) is 4.04. The fourth-order valence-corrected chi connectivity index (χ4v) is 1.98. The maximum absolute atomic E-state index is 8.81. The Kier molecular flexibility index (Phi) is 3.71. The number of hydrazone groups is 1. The first-order chi connectivity index (χ1) is 9.58. The van der Waals surface area contributed by atoms with Crippen molar-refractivity contribution in [3.8, 4) is 6.07 Å². The van der Waals surface area contributed by atoms with E-state index in [0.29, 0.717) is 11.3 Å². The summed E-state index contributed by atoms with van der Waals surface area (Å²) in [6, 6.07) is 7.40. The van der Waals surface area contributed by atoms with Gasteiger partial charge >= 0.3 is 0 Å². The fourth-order valence-electron chi connectivity index (χ4n) is 1.98. The largest absolute Gasteiger partial charge is 0.459 e. The minimum absolute atomic E-state index is 0.166. The molecule has 0 radical (unpaired) electrons. The van der Waals surface area contributed by atoms with Gasteiger partial charge in [-0.2, -0.15) is 10.4 Å². The molecule has 2 aromatic rings. The highest BCUT2D eigenvalue weighted by molar-refractivity contribution is 6.45. The minimum atomic E-state index is -0.378. The molecule has 0 saturated carbocycles. The Balaban J connectivity index is 2.46. The summed E-state index contributed by atoms with van der Waals surface area (Å²) >= 11 is 0. The smallest absolute Gasteiger partial charge is 0.201 e. The first kappa shape index (κ1) is 13.6. The van der Waals surface area contributed by atoms with Gasteiger partial charge in [0.1, 0.15) is 11.8 Å². The molecule has 0 atom stereocenters. The molecule has 0 aliphatic carbocycles. The van der Waals surface area contributed by atoms with E-state index in [9.17, 15) is 0 Å². The first-order valence-electron chi connectivity index (χ1n) is 6.17. The second-order valence-corrected chi connectivity index (χ2v) is 4.28. The maximum Gasteiger partial charge on any atom is 0.201 e. The average molecular weight is 269 g/mol. The lowest BCUT2D eigenvalue weighted by Gasteiger charge is -2.01. The number of anilines is 1. The zero-order chi connectivity index (χ0) is 14.7. The molecule has 0 aliphatic heterocycles. The van der Waals surface area contributed by atoms with E-state index in [-0.39, 0.29) is 11.5 Å². The van der Waals surface area contributed by atoms with E-state index in [1.54, 1.807) is 12.1 Å². The van der Waals surface area contributed by atoms with E-state index < -0.39 is 0 Å². The molecule has 0 spiro atoms. The molecule has 20 heavy (non-hydrogen) atoms. The van der Waals surface area contributed by atoms with Crippen molar-refractivity contribution < 1.29 is 4.42 Å². The molecular formula is C14H15N5O. The fraction of sp³-hybridized carbons (Fsp3) is 0.214. The molecule has 1 aromatic heterocycles. The summed E-state index contributed by atoms with van der Waals surface area (Å²) in [6.07, 6.45) is 0.806. The molecule has 0 saturated heterocycles. The van der Waals surface area contributed by atoms with Crippen LogP contribution in [0.15, 0.2) is 27.7 Å². The Morgan fingerprint density at radius 2 is 2.30 bits per heavy atom. The Bertz CT molecular complexity index is 736. The van der Waals surface area contributed by atoms with Crippen molar-refractivity contribution in [2.24, 2.45) is 10.8 Å². The monoisotopic (exact) mass is 269 g/mol. The number of furan rings is 1. The van der Waals surface area contributed by atoms with E-state index >= 15 is 0 Å². The van der Waals surface area contributed by atoms with Crippen molar-refractivity contribution >= 4 is 28.2 Å². The van der Waals surface area contributed by atoms with Crippen LogP contribution in [0.1, 0.15) is 18.2 Å². The van der Waals surface area contributed by atoms with Gasteiger partial charge in [0.25, 0.3) is 0 Å². The van der Waals surface area contributed by atoms with Gasteiger partial charge in [0.15, 0.2) is 11.4 Å². The van der Waals surface area contributed by atoms with Gasteiger partial charge in [-0.25, -0.2) is 0 Å². The third-order valence-electron chi connectivity index (χ3n) is 3.03. The summed E-state index contributed by atoms with van der Waals surface area (Å²) in [5.41, 5.74) is 10.2. The van der Waals surface area contributed by atoms with E-state index in [2.05, 4.69) is 10.5 Å². The van der Waals surface area contributed by atoms with Crippen molar-refractivity contribution in [2.45, 2.75) is 20.3 Å². The SMILES string of the molecule is CCc1oc2c(N/N=C(\C#N)C(=N)N)cccc2c1C. The van der Waals surface area contributed by atoms with Gasteiger partial charge in [-0.1, -0.05) is 19.1 Å². The standard InChI is InChI=1S/C14H15N5O/c1-3-12-8(2)9-5-4-6-10(13(9)20-12)18-19-11(7-15)14(16)17/h4-6,18H,3H2,1-2H3,(H3,16,17)/b19-11+. The zero-order valence-electron chi connectivity index (χ0n) is 11.3. The van der Waals surface area contributed by atoms with Gasteiger partial charge in [0.2, 0.25) is 5.71 Å². The van der Waals surface area contributed by atoms with Gasteiger partial charge in [0.05, 0.1) is 5.69 Å². The maximum atomic E-state index is 8.81. The van der Waals surface area contributed by atoms with Crippen LogP contribution in [0, 0.1) is 23.7 Å². The quantitative estimate of drug-likeness (QED) is 0.450. The third kappa shape index (κ3) is 2.34. The van der Waals surface area contributed by atoms with E-state index in [1.807, 2.05) is 26.0 Å². The molecule has 1 aromatic carbocycles. The molecule has 4 N–H and O–H groups in total. The normalized spacial score (nSPS) is 11.3. The predicted molar refractivity (Wildman–Crippen MR) is 78.9 cm³/mol. The second-order valence-electron chi connectivity index (χ2n) is 4.28. The third-order valence-corrected chi connectivity index (χ3v) is 3.03. The number of hydrogen-bond donors (Lipinski definition) is 3. The predicted octanol–water partition coefficient (Wildman–Crippen LogP) is 2.53. The highest BCUT2D eigenvalue weighted by atomic mass is 16.3. The van der Waals surface area contributed by atoms with Crippen LogP contribution in [-0.4, -0.2) is 11.5 Å². The number of amidine groups is 1. The summed E-state index contributed by atoms with van der Waals surface area (Å²) < 4.78 is 5.81. The Morgan fingerprint density at radius 3 is 2.90 bits per heavy atom. The molecule has 0 aliphatic rings. The average Bonchev–Trinajstić information content (AvgIpc) is 2.77. The number of aryl methyl sites for hydroxylation is 2. The van der Waals surface area contributed by atoms with Crippen molar-refractivity contribution in [3.63, 3.8) is 0 Å². The highest BCUT2D eigenvalue weighted by Crippen LogP contribution is 2.31. The summed E-state index contributed by atoms with van der Waals surface area (Å²) in [5, 5.41) is 20.8. The van der Waals surface area contributed by atoms with Gasteiger partial charge in [-0.3, -0.25) is 10.8 Å². The topological polar surface area (TPSA) is 111 Å². The first-order valence-corrected chi connectivity index (χ1v) is 6.17. The number of rotatable bonds is 4. The molecule has 1 heterocycles. The number of benzene rings is 1. The van der Waals surface area contributed by atoms with Crippen molar-refractivity contribution in [3.05, 3.63) is 29.5 Å². The molecule has 2 rings (SSSR count). The Morgan fingerprint density at radius 1 is 1.55 bits per heavy atom. The van der Waals surface area contributed by atoms with Crippen LogP contribution in [0.4, 0.5) is 5.69 Å². The molecule has 6 heteroatoms. The van der Waals surface area contributed by atoms with Crippen LogP contribution in [0.3, 0.4) is 0 Å².